The zero-order chi connectivity index (χ0) is 14.6. The van der Waals surface area contributed by atoms with Crippen molar-refractivity contribution in [1.82, 2.24) is 4.90 Å². The quantitative estimate of drug-likeness (QED) is 0.743. The number of phenols is 1. The first kappa shape index (κ1) is 13.2. The lowest BCUT2D eigenvalue weighted by Crippen LogP contribution is -2.37. The average molecular weight is 285 g/mol. The van der Waals surface area contributed by atoms with Gasteiger partial charge in [0.15, 0.2) is 11.5 Å². The van der Waals surface area contributed by atoms with Crippen LogP contribution in [0, 0.1) is 5.92 Å². The number of fused-ring (bicyclic) bond motifs is 1. The second kappa shape index (κ2) is 4.51. The summed E-state index contributed by atoms with van der Waals surface area (Å²) in [5.41, 5.74) is 2.59. The molecule has 4 rings (SSSR count). The van der Waals surface area contributed by atoms with Crippen molar-refractivity contribution in [3.05, 3.63) is 35.4 Å². The third-order valence-corrected chi connectivity index (χ3v) is 5.36. The molecule has 3 atom stereocenters. The van der Waals surface area contributed by atoms with Gasteiger partial charge in [-0.3, -0.25) is 0 Å². The van der Waals surface area contributed by atoms with Crippen molar-refractivity contribution < 1.29 is 9.84 Å². The Morgan fingerprint density at radius 2 is 2.24 bits per heavy atom. The predicted octanol–water partition coefficient (Wildman–Crippen LogP) is 3.21. The minimum atomic E-state index is 0.0435. The molecule has 3 aliphatic rings. The first-order chi connectivity index (χ1) is 10.1. The highest BCUT2D eigenvalue weighted by Gasteiger charge is 2.45. The van der Waals surface area contributed by atoms with Gasteiger partial charge in [-0.2, -0.15) is 0 Å². The van der Waals surface area contributed by atoms with Gasteiger partial charge in [0, 0.05) is 17.5 Å². The van der Waals surface area contributed by atoms with Crippen LogP contribution in [0.2, 0.25) is 0 Å². The van der Waals surface area contributed by atoms with Crippen LogP contribution in [0.5, 0.6) is 11.5 Å². The molecule has 2 aliphatic heterocycles. The van der Waals surface area contributed by atoms with Gasteiger partial charge < -0.3 is 14.7 Å². The van der Waals surface area contributed by atoms with E-state index in [0.29, 0.717) is 11.7 Å². The summed E-state index contributed by atoms with van der Waals surface area (Å²) in [7, 11) is 2.18. The Morgan fingerprint density at radius 1 is 1.38 bits per heavy atom. The van der Waals surface area contributed by atoms with Crippen molar-refractivity contribution in [2.75, 3.05) is 13.6 Å². The van der Waals surface area contributed by atoms with Crippen LogP contribution in [0.15, 0.2) is 24.3 Å². The lowest BCUT2D eigenvalue weighted by Gasteiger charge is -2.40. The van der Waals surface area contributed by atoms with Gasteiger partial charge in [0.25, 0.3) is 0 Å². The fourth-order valence-corrected chi connectivity index (χ4v) is 4.32. The largest absolute Gasteiger partial charge is 0.504 e. The van der Waals surface area contributed by atoms with Crippen LogP contribution in [0.3, 0.4) is 0 Å². The molecule has 0 saturated carbocycles. The van der Waals surface area contributed by atoms with Gasteiger partial charge in [-0.05, 0) is 50.4 Å². The van der Waals surface area contributed by atoms with Gasteiger partial charge in [-0.25, -0.2) is 0 Å². The van der Waals surface area contributed by atoms with E-state index in [-0.39, 0.29) is 11.5 Å². The molecule has 0 saturated heterocycles. The summed E-state index contributed by atoms with van der Waals surface area (Å²) in [5, 5.41) is 10.3. The summed E-state index contributed by atoms with van der Waals surface area (Å²) >= 11 is 0. The Labute approximate surface area is 126 Å². The third-order valence-electron chi connectivity index (χ3n) is 5.36. The van der Waals surface area contributed by atoms with E-state index in [0.717, 1.165) is 38.1 Å². The molecule has 1 spiro atoms. The number of benzene rings is 1. The maximum absolute atomic E-state index is 10.3. The van der Waals surface area contributed by atoms with Gasteiger partial charge in [-0.15, -0.1) is 0 Å². The number of aromatic hydroxyl groups is 1. The fourth-order valence-electron chi connectivity index (χ4n) is 4.32. The molecule has 1 N–H and O–H groups in total. The van der Waals surface area contributed by atoms with E-state index in [1.54, 1.807) is 6.07 Å². The molecule has 0 amide bonds. The molecule has 1 aliphatic carbocycles. The van der Waals surface area contributed by atoms with Crippen LogP contribution >= 0.6 is 0 Å². The maximum Gasteiger partial charge on any atom is 0.165 e. The highest BCUT2D eigenvalue weighted by Crippen LogP contribution is 2.53. The van der Waals surface area contributed by atoms with Crippen LogP contribution in [-0.4, -0.2) is 29.7 Å². The van der Waals surface area contributed by atoms with E-state index in [4.69, 9.17) is 4.74 Å². The van der Waals surface area contributed by atoms with Gasteiger partial charge in [0.1, 0.15) is 6.10 Å². The van der Waals surface area contributed by atoms with Crippen molar-refractivity contribution in [3.8, 4) is 11.5 Å². The summed E-state index contributed by atoms with van der Waals surface area (Å²) in [6, 6.07) is 3.87. The minimum absolute atomic E-state index is 0.0435. The van der Waals surface area contributed by atoms with E-state index in [1.807, 2.05) is 0 Å². The average Bonchev–Trinajstić information content (AvgIpc) is 2.67. The zero-order valence-electron chi connectivity index (χ0n) is 12.8. The molecule has 112 valence electrons. The molecule has 1 aromatic carbocycles. The van der Waals surface area contributed by atoms with Crippen LogP contribution in [0.4, 0.5) is 0 Å². The zero-order valence-corrected chi connectivity index (χ0v) is 12.8. The van der Waals surface area contributed by atoms with Crippen molar-refractivity contribution in [2.24, 2.45) is 5.92 Å². The number of rotatable bonds is 0. The van der Waals surface area contributed by atoms with Crippen LogP contribution in [-0.2, 0) is 12.0 Å². The van der Waals surface area contributed by atoms with Crippen LogP contribution < -0.4 is 4.74 Å². The Balaban J connectivity index is 1.97. The molecule has 0 fully saturated rings. The molecule has 0 unspecified atom stereocenters. The minimum Gasteiger partial charge on any atom is -0.504 e. The van der Waals surface area contributed by atoms with Crippen LogP contribution in [0.25, 0.3) is 0 Å². The Morgan fingerprint density at radius 3 is 3.10 bits per heavy atom. The van der Waals surface area contributed by atoms with Gasteiger partial charge in [0.2, 0.25) is 0 Å². The molecular weight excluding hydrogens is 262 g/mol. The molecular formula is C18H23NO2. The standard InChI is InChI=1S/C18H23NO2/c1-12-5-6-18-7-8-19(2)11-13-3-4-15(20)17(16(13)18)21-14(9-12)10-18/h3-6,12,14,20H,7-11H2,1-2H3/t12-,14-,18-/m0/s1. The van der Waals surface area contributed by atoms with Crippen molar-refractivity contribution in [3.63, 3.8) is 0 Å². The van der Waals surface area contributed by atoms with Crippen LogP contribution in [0.1, 0.15) is 37.3 Å². The topological polar surface area (TPSA) is 32.7 Å². The van der Waals surface area contributed by atoms with Crippen molar-refractivity contribution >= 4 is 0 Å². The van der Waals surface area contributed by atoms with E-state index >= 15 is 0 Å². The van der Waals surface area contributed by atoms with E-state index < -0.39 is 0 Å². The Bertz CT molecular complexity index is 609. The number of ether oxygens (including phenoxy) is 1. The van der Waals surface area contributed by atoms with Crippen molar-refractivity contribution in [2.45, 2.75) is 44.2 Å². The second-order valence-electron chi connectivity index (χ2n) is 7.11. The first-order valence-corrected chi connectivity index (χ1v) is 7.97. The SMILES string of the molecule is C[C@H]1C=C[C@@]23CCN(C)Cc4ccc(O)c(c42)O[C@@H](C1)C3. The summed E-state index contributed by atoms with van der Waals surface area (Å²) in [4.78, 5) is 2.37. The predicted molar refractivity (Wildman–Crippen MR) is 82.7 cm³/mol. The summed E-state index contributed by atoms with van der Waals surface area (Å²) in [6.07, 6.45) is 8.18. The number of allylic oxidation sites excluding steroid dienone is 2. The molecule has 2 bridgehead atoms. The van der Waals surface area contributed by atoms with Gasteiger partial charge >= 0.3 is 0 Å². The number of hydrogen-bond donors (Lipinski definition) is 1. The third kappa shape index (κ3) is 1.98. The Hall–Kier alpha value is -1.48. The molecule has 3 nitrogen and oxygen atoms in total. The fraction of sp³-hybridized carbons (Fsp3) is 0.556. The van der Waals surface area contributed by atoms with E-state index in [9.17, 15) is 5.11 Å². The monoisotopic (exact) mass is 285 g/mol. The summed E-state index contributed by atoms with van der Waals surface area (Å²) < 4.78 is 6.21. The number of nitrogens with zero attached hydrogens (tertiary/aromatic N) is 1. The molecule has 1 aromatic rings. The second-order valence-corrected chi connectivity index (χ2v) is 7.11. The lowest BCUT2D eigenvalue weighted by atomic mass is 9.70. The maximum atomic E-state index is 10.3. The number of hydrogen-bond acceptors (Lipinski definition) is 3. The first-order valence-electron chi connectivity index (χ1n) is 7.97. The van der Waals surface area contributed by atoms with E-state index in [2.05, 4.69) is 37.1 Å². The molecule has 0 radical (unpaired) electrons. The van der Waals surface area contributed by atoms with Gasteiger partial charge in [0.05, 0.1) is 0 Å². The smallest absolute Gasteiger partial charge is 0.165 e. The Kier molecular flexibility index (Phi) is 2.83. The highest BCUT2D eigenvalue weighted by atomic mass is 16.5. The summed E-state index contributed by atoms with van der Waals surface area (Å²) in [5.74, 6) is 1.59. The van der Waals surface area contributed by atoms with E-state index in [1.165, 1.54) is 11.1 Å². The van der Waals surface area contributed by atoms with Crippen molar-refractivity contribution in [1.29, 1.82) is 0 Å². The molecule has 0 aromatic heterocycles. The highest BCUT2D eigenvalue weighted by molar-refractivity contribution is 5.57. The summed E-state index contributed by atoms with van der Waals surface area (Å²) in [6.45, 7) is 4.27. The number of phenolic OH excluding ortho intramolecular Hbond substituents is 1. The van der Waals surface area contributed by atoms with Gasteiger partial charge in [-0.1, -0.05) is 25.1 Å². The molecule has 21 heavy (non-hydrogen) atoms. The molecule has 2 heterocycles. The lowest BCUT2D eigenvalue weighted by molar-refractivity contribution is 0.117. The normalized spacial score (nSPS) is 34.6. The molecule has 3 heteroatoms.